The lowest BCUT2D eigenvalue weighted by molar-refractivity contribution is -0.136. The predicted octanol–water partition coefficient (Wildman–Crippen LogP) is 1.29. The average molecular weight is 288 g/mol. The first-order valence-corrected chi connectivity index (χ1v) is 6.30. The standard InChI is InChI=1S/C12H8N4O3S/c13-4-7-1-2-9(14-5-7)11(19)16-12-15-8(6-20-12)3-10(17)18/h1-2,5-6H,3H2,(H,17,18)(H,15,16,19). The summed E-state index contributed by atoms with van der Waals surface area (Å²) in [6, 6.07) is 4.82. The molecular weight excluding hydrogens is 280 g/mol. The fraction of sp³-hybridized carbons (Fsp3) is 0.0833. The molecule has 0 spiro atoms. The molecule has 0 unspecified atom stereocenters. The molecule has 2 aromatic heterocycles. The Morgan fingerprint density at radius 1 is 1.45 bits per heavy atom. The molecule has 0 fully saturated rings. The van der Waals surface area contributed by atoms with Gasteiger partial charge in [0.1, 0.15) is 11.8 Å². The Hall–Kier alpha value is -2.79. The molecular formula is C12H8N4O3S. The molecule has 0 bridgehead atoms. The maximum Gasteiger partial charge on any atom is 0.309 e. The van der Waals surface area contributed by atoms with E-state index in [4.69, 9.17) is 10.4 Å². The Bertz CT molecular complexity index is 687. The van der Waals surface area contributed by atoms with Crippen LogP contribution in [0.15, 0.2) is 23.7 Å². The fourth-order valence-electron chi connectivity index (χ4n) is 1.36. The van der Waals surface area contributed by atoms with Gasteiger partial charge in [-0.1, -0.05) is 0 Å². The number of nitrogens with one attached hydrogen (secondary N) is 1. The highest BCUT2D eigenvalue weighted by Crippen LogP contribution is 2.16. The molecule has 2 N–H and O–H groups in total. The van der Waals surface area contributed by atoms with Crippen LogP contribution < -0.4 is 5.32 Å². The molecule has 0 radical (unpaired) electrons. The van der Waals surface area contributed by atoms with Gasteiger partial charge in [0.25, 0.3) is 5.91 Å². The Morgan fingerprint density at radius 3 is 2.85 bits per heavy atom. The van der Waals surface area contributed by atoms with Crippen LogP contribution in [-0.4, -0.2) is 27.0 Å². The van der Waals surface area contributed by atoms with E-state index in [1.807, 2.05) is 6.07 Å². The predicted molar refractivity (Wildman–Crippen MR) is 70.4 cm³/mol. The van der Waals surface area contributed by atoms with Crippen molar-refractivity contribution in [2.75, 3.05) is 5.32 Å². The summed E-state index contributed by atoms with van der Waals surface area (Å²) in [6.07, 6.45) is 1.11. The van der Waals surface area contributed by atoms with E-state index in [9.17, 15) is 9.59 Å². The number of pyridine rings is 1. The Morgan fingerprint density at radius 2 is 2.25 bits per heavy atom. The molecule has 0 aliphatic rings. The van der Waals surface area contributed by atoms with Crippen molar-refractivity contribution in [3.8, 4) is 6.07 Å². The lowest BCUT2D eigenvalue weighted by Crippen LogP contribution is -2.13. The quantitative estimate of drug-likeness (QED) is 0.875. The zero-order chi connectivity index (χ0) is 14.5. The normalized spacial score (nSPS) is 9.75. The van der Waals surface area contributed by atoms with Crippen molar-refractivity contribution in [2.24, 2.45) is 0 Å². The van der Waals surface area contributed by atoms with Crippen LogP contribution in [-0.2, 0) is 11.2 Å². The first-order chi connectivity index (χ1) is 9.58. The van der Waals surface area contributed by atoms with E-state index in [0.717, 1.165) is 11.3 Å². The van der Waals surface area contributed by atoms with Crippen molar-refractivity contribution in [3.63, 3.8) is 0 Å². The zero-order valence-electron chi connectivity index (χ0n) is 10.0. The highest BCUT2D eigenvalue weighted by molar-refractivity contribution is 7.14. The molecule has 2 rings (SSSR count). The molecule has 0 atom stereocenters. The molecule has 100 valence electrons. The summed E-state index contributed by atoms with van der Waals surface area (Å²) in [7, 11) is 0. The molecule has 0 saturated carbocycles. The highest BCUT2D eigenvalue weighted by atomic mass is 32.1. The lowest BCUT2D eigenvalue weighted by Gasteiger charge is -2.00. The summed E-state index contributed by atoms with van der Waals surface area (Å²) < 4.78 is 0. The van der Waals surface area contributed by atoms with Gasteiger partial charge in [-0.15, -0.1) is 11.3 Å². The van der Waals surface area contributed by atoms with Gasteiger partial charge < -0.3 is 5.11 Å². The Labute approximate surface area is 117 Å². The van der Waals surface area contributed by atoms with Gasteiger partial charge in [-0.25, -0.2) is 9.97 Å². The molecule has 2 aromatic rings. The number of amides is 1. The van der Waals surface area contributed by atoms with Gasteiger partial charge in [0.15, 0.2) is 5.13 Å². The van der Waals surface area contributed by atoms with Gasteiger partial charge in [-0.05, 0) is 12.1 Å². The highest BCUT2D eigenvalue weighted by Gasteiger charge is 2.11. The molecule has 7 nitrogen and oxygen atoms in total. The number of hydrogen-bond acceptors (Lipinski definition) is 6. The molecule has 0 saturated heterocycles. The molecule has 20 heavy (non-hydrogen) atoms. The summed E-state index contributed by atoms with van der Waals surface area (Å²) in [5.74, 6) is -1.45. The molecule has 2 heterocycles. The second kappa shape index (κ2) is 5.90. The molecule has 1 amide bonds. The van der Waals surface area contributed by atoms with Crippen molar-refractivity contribution < 1.29 is 14.7 Å². The van der Waals surface area contributed by atoms with Crippen LogP contribution in [0.25, 0.3) is 0 Å². The second-order valence-electron chi connectivity index (χ2n) is 3.71. The van der Waals surface area contributed by atoms with Crippen LogP contribution in [0.3, 0.4) is 0 Å². The molecule has 8 heteroatoms. The van der Waals surface area contributed by atoms with Crippen molar-refractivity contribution in [2.45, 2.75) is 6.42 Å². The van der Waals surface area contributed by atoms with E-state index in [1.165, 1.54) is 18.3 Å². The summed E-state index contributed by atoms with van der Waals surface area (Å²) in [4.78, 5) is 30.2. The Kier molecular flexibility index (Phi) is 4.02. The van der Waals surface area contributed by atoms with Crippen LogP contribution in [0.2, 0.25) is 0 Å². The van der Waals surface area contributed by atoms with Crippen LogP contribution in [0.5, 0.6) is 0 Å². The number of carboxylic acid groups (broad SMARTS) is 1. The third kappa shape index (κ3) is 3.37. The topological polar surface area (TPSA) is 116 Å². The number of carbonyl (C=O) groups excluding carboxylic acids is 1. The smallest absolute Gasteiger partial charge is 0.309 e. The van der Waals surface area contributed by atoms with Crippen LogP contribution in [0, 0.1) is 11.3 Å². The van der Waals surface area contributed by atoms with Gasteiger partial charge in [0, 0.05) is 11.6 Å². The molecule has 0 aromatic carbocycles. The van der Waals surface area contributed by atoms with E-state index in [0.29, 0.717) is 16.4 Å². The van der Waals surface area contributed by atoms with E-state index < -0.39 is 11.9 Å². The minimum absolute atomic E-state index is 0.152. The zero-order valence-corrected chi connectivity index (χ0v) is 10.8. The van der Waals surface area contributed by atoms with Crippen LogP contribution >= 0.6 is 11.3 Å². The number of nitriles is 1. The fourth-order valence-corrected chi connectivity index (χ4v) is 2.06. The van der Waals surface area contributed by atoms with E-state index in [-0.39, 0.29) is 12.1 Å². The Balaban J connectivity index is 2.05. The lowest BCUT2D eigenvalue weighted by atomic mass is 10.2. The minimum Gasteiger partial charge on any atom is -0.481 e. The first kappa shape index (κ1) is 13.6. The van der Waals surface area contributed by atoms with Crippen molar-refractivity contribution in [1.82, 2.24) is 9.97 Å². The number of aliphatic carboxylic acids is 1. The van der Waals surface area contributed by atoms with Crippen LogP contribution in [0.4, 0.5) is 5.13 Å². The van der Waals surface area contributed by atoms with Gasteiger partial charge in [-0.3, -0.25) is 14.9 Å². The third-order valence-corrected chi connectivity index (χ3v) is 3.04. The van der Waals surface area contributed by atoms with Gasteiger partial charge >= 0.3 is 5.97 Å². The van der Waals surface area contributed by atoms with Gasteiger partial charge in [0.2, 0.25) is 0 Å². The number of thiazole rings is 1. The first-order valence-electron chi connectivity index (χ1n) is 5.42. The summed E-state index contributed by atoms with van der Waals surface area (Å²) in [5.41, 5.74) is 0.893. The summed E-state index contributed by atoms with van der Waals surface area (Å²) in [5, 5.41) is 21.6. The maximum atomic E-state index is 11.8. The van der Waals surface area contributed by atoms with Gasteiger partial charge in [0.05, 0.1) is 17.7 Å². The van der Waals surface area contributed by atoms with Gasteiger partial charge in [-0.2, -0.15) is 5.26 Å². The third-order valence-electron chi connectivity index (χ3n) is 2.23. The van der Waals surface area contributed by atoms with Crippen LogP contribution in [0.1, 0.15) is 21.7 Å². The van der Waals surface area contributed by atoms with E-state index >= 15 is 0 Å². The number of nitrogens with zero attached hydrogens (tertiary/aromatic N) is 3. The second-order valence-corrected chi connectivity index (χ2v) is 4.57. The number of carbonyl (C=O) groups is 2. The number of carboxylic acids is 1. The monoisotopic (exact) mass is 288 g/mol. The largest absolute Gasteiger partial charge is 0.481 e. The van der Waals surface area contributed by atoms with Crippen molar-refractivity contribution in [3.05, 3.63) is 40.7 Å². The average Bonchev–Trinajstić information content (AvgIpc) is 2.85. The number of rotatable bonds is 4. The number of hydrogen-bond donors (Lipinski definition) is 2. The van der Waals surface area contributed by atoms with Crippen molar-refractivity contribution >= 4 is 28.3 Å². The maximum absolute atomic E-state index is 11.8. The van der Waals surface area contributed by atoms with E-state index in [2.05, 4.69) is 15.3 Å². The summed E-state index contributed by atoms with van der Waals surface area (Å²) >= 11 is 1.14. The number of anilines is 1. The summed E-state index contributed by atoms with van der Waals surface area (Å²) in [6.45, 7) is 0. The molecule has 0 aliphatic carbocycles. The van der Waals surface area contributed by atoms with E-state index in [1.54, 1.807) is 5.38 Å². The number of aromatic nitrogens is 2. The van der Waals surface area contributed by atoms with Crippen molar-refractivity contribution in [1.29, 1.82) is 5.26 Å². The molecule has 0 aliphatic heterocycles. The SMILES string of the molecule is N#Cc1ccc(C(=O)Nc2nc(CC(=O)O)cs2)nc1. The minimum atomic E-state index is -0.984.